The zero-order valence-corrected chi connectivity index (χ0v) is 12.7. The second-order valence-electron chi connectivity index (χ2n) is 5.84. The molecule has 1 rings (SSSR count). The van der Waals surface area contributed by atoms with Crippen molar-refractivity contribution >= 4 is 11.7 Å². The molecule has 1 saturated carbocycles. The average molecular weight is 283 g/mol. The van der Waals surface area contributed by atoms with Crippen molar-refractivity contribution in [2.24, 2.45) is 10.9 Å². The van der Waals surface area contributed by atoms with Crippen molar-refractivity contribution in [2.75, 3.05) is 0 Å². The fourth-order valence-electron chi connectivity index (χ4n) is 2.91. The summed E-state index contributed by atoms with van der Waals surface area (Å²) in [4.78, 5) is 12.1. The second kappa shape index (κ2) is 8.82. The van der Waals surface area contributed by atoms with Gasteiger partial charge in [0.25, 0.3) is 0 Å². The van der Waals surface area contributed by atoms with Crippen LogP contribution in [-0.2, 0) is 4.79 Å². The predicted octanol–water partition coefficient (Wildman–Crippen LogP) is 2.91. The Labute approximate surface area is 122 Å². The second-order valence-corrected chi connectivity index (χ2v) is 5.84. The number of carbonyl (C=O) groups is 1. The van der Waals surface area contributed by atoms with E-state index in [1.165, 1.54) is 6.42 Å². The zero-order chi connectivity index (χ0) is 14.8. The third kappa shape index (κ3) is 5.02. The molecular formula is C15H29N3O2. The molecule has 0 atom stereocenters. The van der Waals surface area contributed by atoms with E-state index in [0.717, 1.165) is 57.8 Å². The topological polar surface area (TPSA) is 87.7 Å². The molecule has 0 aromatic heterocycles. The predicted molar refractivity (Wildman–Crippen MR) is 80.7 cm³/mol. The Morgan fingerprint density at radius 1 is 1.20 bits per heavy atom. The van der Waals surface area contributed by atoms with E-state index < -0.39 is 5.54 Å². The Morgan fingerprint density at radius 2 is 1.85 bits per heavy atom. The molecular weight excluding hydrogens is 254 g/mol. The van der Waals surface area contributed by atoms with Gasteiger partial charge in [-0.05, 0) is 19.3 Å². The van der Waals surface area contributed by atoms with Crippen LogP contribution in [0.25, 0.3) is 0 Å². The highest BCUT2D eigenvalue weighted by atomic mass is 16.4. The fraction of sp³-hybridized carbons (Fsp3) is 0.867. The minimum Gasteiger partial charge on any atom is -0.409 e. The quantitative estimate of drug-likeness (QED) is 0.168. The summed E-state index contributed by atoms with van der Waals surface area (Å²) in [6.07, 6.45) is 10.7. The smallest absolute Gasteiger partial charge is 0.220 e. The zero-order valence-electron chi connectivity index (χ0n) is 12.7. The van der Waals surface area contributed by atoms with E-state index in [-0.39, 0.29) is 11.7 Å². The molecule has 5 nitrogen and oxygen atoms in total. The number of nitrogens with two attached hydrogens (primary N) is 1. The monoisotopic (exact) mass is 283 g/mol. The maximum absolute atomic E-state index is 12.1. The highest BCUT2D eigenvalue weighted by Gasteiger charge is 2.36. The fourth-order valence-corrected chi connectivity index (χ4v) is 2.91. The van der Waals surface area contributed by atoms with Crippen molar-refractivity contribution in [3.05, 3.63) is 0 Å². The molecule has 0 aromatic carbocycles. The van der Waals surface area contributed by atoms with E-state index in [1.54, 1.807) is 0 Å². The molecule has 5 heteroatoms. The molecule has 1 fully saturated rings. The van der Waals surface area contributed by atoms with Crippen LogP contribution in [0, 0.1) is 0 Å². The van der Waals surface area contributed by atoms with Gasteiger partial charge in [-0.15, -0.1) is 0 Å². The Morgan fingerprint density at radius 3 is 2.40 bits per heavy atom. The minimum atomic E-state index is -0.632. The van der Waals surface area contributed by atoms with E-state index in [2.05, 4.69) is 17.4 Å². The lowest BCUT2D eigenvalue weighted by atomic mass is 9.88. The van der Waals surface area contributed by atoms with Gasteiger partial charge in [-0.3, -0.25) is 4.79 Å². The first-order valence-electron chi connectivity index (χ1n) is 7.93. The summed E-state index contributed by atoms with van der Waals surface area (Å²) in [5.41, 5.74) is 5.23. The summed E-state index contributed by atoms with van der Waals surface area (Å²) in [5.74, 6) is 0.177. The molecule has 0 bridgehead atoms. The number of amides is 1. The SMILES string of the molecule is CCCCCCC(=O)NC1(C(N)=NO)CCCCCC1. The van der Waals surface area contributed by atoms with E-state index in [1.807, 2.05) is 0 Å². The molecule has 1 aliphatic rings. The number of nitrogens with zero attached hydrogens (tertiary/aromatic N) is 1. The lowest BCUT2D eigenvalue weighted by Crippen LogP contribution is -2.57. The van der Waals surface area contributed by atoms with Gasteiger partial charge in [0, 0.05) is 6.42 Å². The normalized spacial score (nSPS) is 19.4. The van der Waals surface area contributed by atoms with Crippen LogP contribution in [0.3, 0.4) is 0 Å². The standard InChI is InChI=1S/C15H29N3O2/c1-2-3-4-7-10-13(19)17-15(14(16)18-20)11-8-5-6-9-12-15/h20H,2-12H2,1H3,(H2,16,18)(H,17,19). The maximum atomic E-state index is 12.1. The molecule has 0 radical (unpaired) electrons. The molecule has 20 heavy (non-hydrogen) atoms. The molecule has 4 N–H and O–H groups in total. The Hall–Kier alpha value is -1.26. The first kappa shape index (κ1) is 16.8. The van der Waals surface area contributed by atoms with Crippen LogP contribution in [0.15, 0.2) is 5.16 Å². The van der Waals surface area contributed by atoms with Gasteiger partial charge < -0.3 is 16.3 Å². The van der Waals surface area contributed by atoms with E-state index >= 15 is 0 Å². The number of nitrogens with one attached hydrogen (secondary N) is 1. The number of rotatable bonds is 7. The van der Waals surface area contributed by atoms with Crippen LogP contribution < -0.4 is 11.1 Å². The highest BCUT2D eigenvalue weighted by Crippen LogP contribution is 2.27. The minimum absolute atomic E-state index is 0.0228. The van der Waals surface area contributed by atoms with Crippen LogP contribution >= 0.6 is 0 Å². The van der Waals surface area contributed by atoms with Crippen molar-refractivity contribution in [1.82, 2.24) is 5.32 Å². The van der Waals surface area contributed by atoms with Crippen molar-refractivity contribution in [3.8, 4) is 0 Å². The molecule has 116 valence electrons. The van der Waals surface area contributed by atoms with Crippen molar-refractivity contribution in [1.29, 1.82) is 0 Å². The highest BCUT2D eigenvalue weighted by molar-refractivity contribution is 5.93. The van der Waals surface area contributed by atoms with Crippen molar-refractivity contribution in [2.45, 2.75) is 83.1 Å². The Bertz CT molecular complexity index is 321. The van der Waals surface area contributed by atoms with Crippen molar-refractivity contribution < 1.29 is 10.0 Å². The first-order valence-corrected chi connectivity index (χ1v) is 7.93. The summed E-state index contributed by atoms with van der Waals surface area (Å²) >= 11 is 0. The first-order chi connectivity index (χ1) is 9.64. The summed E-state index contributed by atoms with van der Waals surface area (Å²) in [5, 5.41) is 15.2. The molecule has 1 amide bonds. The van der Waals surface area contributed by atoms with Gasteiger partial charge in [-0.1, -0.05) is 57.0 Å². The van der Waals surface area contributed by atoms with Gasteiger partial charge >= 0.3 is 0 Å². The van der Waals surface area contributed by atoms with Gasteiger partial charge in [0.15, 0.2) is 5.84 Å². The molecule has 0 unspecified atom stereocenters. The molecule has 0 aliphatic heterocycles. The molecule has 0 saturated heterocycles. The lowest BCUT2D eigenvalue weighted by Gasteiger charge is -2.32. The summed E-state index contributed by atoms with van der Waals surface area (Å²) < 4.78 is 0. The van der Waals surface area contributed by atoms with Crippen LogP contribution in [-0.4, -0.2) is 22.5 Å². The average Bonchev–Trinajstić information content (AvgIpc) is 2.69. The number of oxime groups is 1. The summed E-state index contributed by atoms with van der Waals surface area (Å²) in [6.45, 7) is 2.15. The maximum Gasteiger partial charge on any atom is 0.220 e. The third-order valence-corrected chi connectivity index (χ3v) is 4.19. The van der Waals surface area contributed by atoms with Crippen LogP contribution in [0.4, 0.5) is 0 Å². The third-order valence-electron chi connectivity index (χ3n) is 4.19. The molecule has 0 aromatic rings. The van der Waals surface area contributed by atoms with E-state index in [9.17, 15) is 4.79 Å². The van der Waals surface area contributed by atoms with E-state index in [4.69, 9.17) is 10.9 Å². The number of hydrogen-bond donors (Lipinski definition) is 3. The Kier molecular flexibility index (Phi) is 7.41. The number of carbonyl (C=O) groups excluding carboxylic acids is 1. The molecule has 0 heterocycles. The Balaban J connectivity index is 2.58. The van der Waals surface area contributed by atoms with Crippen LogP contribution in [0.1, 0.15) is 77.6 Å². The van der Waals surface area contributed by atoms with Gasteiger partial charge in [0.2, 0.25) is 5.91 Å². The van der Waals surface area contributed by atoms with Crippen molar-refractivity contribution in [3.63, 3.8) is 0 Å². The summed E-state index contributed by atoms with van der Waals surface area (Å²) in [6, 6.07) is 0. The number of unbranched alkanes of at least 4 members (excludes halogenated alkanes) is 3. The lowest BCUT2D eigenvalue weighted by molar-refractivity contribution is -0.122. The largest absolute Gasteiger partial charge is 0.409 e. The number of amidine groups is 1. The van der Waals surface area contributed by atoms with Crippen LogP contribution in [0.5, 0.6) is 0 Å². The van der Waals surface area contributed by atoms with Gasteiger partial charge in [0.1, 0.15) is 5.54 Å². The van der Waals surface area contributed by atoms with Gasteiger partial charge in [0.05, 0.1) is 0 Å². The number of hydrogen-bond acceptors (Lipinski definition) is 3. The summed E-state index contributed by atoms with van der Waals surface area (Å²) in [7, 11) is 0. The van der Waals surface area contributed by atoms with E-state index in [0.29, 0.717) is 6.42 Å². The van der Waals surface area contributed by atoms with Gasteiger partial charge in [-0.2, -0.15) is 0 Å². The van der Waals surface area contributed by atoms with Crippen LogP contribution in [0.2, 0.25) is 0 Å². The molecule has 0 spiro atoms. The molecule has 1 aliphatic carbocycles. The van der Waals surface area contributed by atoms with Gasteiger partial charge in [-0.25, -0.2) is 0 Å².